The minimum Gasteiger partial charge on any atom is -0.311 e. The van der Waals surface area contributed by atoms with Crippen LogP contribution in [0.5, 0.6) is 0 Å². The van der Waals surface area contributed by atoms with E-state index in [0.717, 1.165) is 5.69 Å². The molecule has 1 aliphatic carbocycles. The molecule has 1 aliphatic heterocycles. The zero-order valence-electron chi connectivity index (χ0n) is 28.4. The van der Waals surface area contributed by atoms with Gasteiger partial charge in [-0.2, -0.15) is 0 Å². The van der Waals surface area contributed by atoms with Crippen molar-refractivity contribution in [2.24, 2.45) is 0 Å². The van der Waals surface area contributed by atoms with Gasteiger partial charge in [0.05, 0.1) is 0 Å². The van der Waals surface area contributed by atoms with Gasteiger partial charge in [0.2, 0.25) is 0 Å². The molecule has 0 unspecified atom stereocenters. The number of fused-ring (bicyclic) bond motifs is 4. The van der Waals surface area contributed by atoms with Crippen molar-refractivity contribution in [2.45, 2.75) is 58.0 Å². The van der Waals surface area contributed by atoms with Crippen LogP contribution in [0, 0.1) is 0 Å². The fourth-order valence-electron chi connectivity index (χ4n) is 8.68. The first kappa shape index (κ1) is 29.7. The summed E-state index contributed by atoms with van der Waals surface area (Å²) < 4.78 is 0. The lowest BCUT2D eigenvalue weighted by Gasteiger charge is -2.28. The third-order valence-corrected chi connectivity index (χ3v) is 14.4. The Balaban J connectivity index is 1.21. The molecule has 232 valence electrons. The van der Waals surface area contributed by atoms with Gasteiger partial charge in [-0.1, -0.05) is 144 Å². The fourth-order valence-corrected chi connectivity index (χ4v) is 11.8. The van der Waals surface area contributed by atoms with E-state index < -0.39 is 8.07 Å². The van der Waals surface area contributed by atoms with Crippen LogP contribution in [0.1, 0.15) is 45.2 Å². The Labute approximate surface area is 281 Å². The lowest BCUT2D eigenvalue weighted by molar-refractivity contribution is 0.403. The lowest BCUT2D eigenvalue weighted by atomic mass is 9.82. The molecule has 1 nitrogen and oxygen atoms in total. The van der Waals surface area contributed by atoms with Crippen LogP contribution in [0.15, 0.2) is 140 Å². The third-order valence-electron chi connectivity index (χ3n) is 10.9. The molecule has 0 atom stereocenters. The molecule has 47 heavy (non-hydrogen) atoms. The van der Waals surface area contributed by atoms with Gasteiger partial charge in [-0.3, -0.25) is 0 Å². The molecule has 0 saturated heterocycles. The molecule has 0 amide bonds. The van der Waals surface area contributed by atoms with Crippen LogP contribution in [-0.2, 0) is 10.8 Å². The highest BCUT2D eigenvalue weighted by molar-refractivity contribution is 7.03. The summed E-state index contributed by atoms with van der Waals surface area (Å²) in [5, 5.41) is 3.05. The van der Waals surface area contributed by atoms with Gasteiger partial charge in [0.25, 0.3) is 0 Å². The number of rotatable bonds is 5. The van der Waals surface area contributed by atoms with E-state index in [1.54, 1.807) is 0 Å². The average Bonchev–Trinajstić information content (AvgIpc) is 3.42. The zero-order chi connectivity index (χ0) is 32.6. The quantitative estimate of drug-likeness (QED) is 0.172. The van der Waals surface area contributed by atoms with Gasteiger partial charge >= 0.3 is 0 Å². The molecule has 6 aromatic rings. The predicted molar refractivity (Wildman–Crippen MR) is 205 cm³/mol. The fraction of sp³-hybridized carbons (Fsp3) is 0.200. The second-order valence-electron chi connectivity index (χ2n) is 15.4. The van der Waals surface area contributed by atoms with Crippen LogP contribution in [0.3, 0.4) is 0 Å². The van der Waals surface area contributed by atoms with Crippen molar-refractivity contribution >= 4 is 35.5 Å². The van der Waals surface area contributed by atoms with E-state index in [4.69, 9.17) is 0 Å². The summed E-state index contributed by atoms with van der Waals surface area (Å²) in [6, 6.07) is 52.2. The molecular formula is C45H43NSi. The number of nitrogens with zero attached hydrogens (tertiary/aromatic N) is 1. The van der Waals surface area contributed by atoms with E-state index in [0.29, 0.717) is 0 Å². The minimum absolute atomic E-state index is 0.182. The van der Waals surface area contributed by atoms with Gasteiger partial charge in [0, 0.05) is 17.1 Å². The van der Waals surface area contributed by atoms with Gasteiger partial charge < -0.3 is 4.90 Å². The SMILES string of the molecule is CC1(C)CC(C)(C)c2cc(-c3ccc(N(c4ccc(-c5ccccc5)cc4)c4ccc5c(c4)[Si](C)(C)c4ccccc4-5)cc3)ccc21. The standard InChI is InChI=1S/C45H43NSi/c1-44(2)30-45(3,4)41-28-34(20-27-40(41)44)33-18-23-36(24-19-33)46(35-21-16-32(17-22-35)31-12-8-7-9-13-31)37-25-26-39-38-14-10-11-15-42(38)47(5,6)43(39)29-37/h7-29H,30H2,1-6H3. The van der Waals surface area contributed by atoms with Crippen LogP contribution in [0.4, 0.5) is 17.1 Å². The number of anilines is 3. The maximum absolute atomic E-state index is 2.49. The summed E-state index contributed by atoms with van der Waals surface area (Å²) in [4.78, 5) is 2.43. The molecule has 2 heteroatoms. The van der Waals surface area contributed by atoms with Crippen molar-refractivity contribution in [2.75, 3.05) is 4.90 Å². The molecule has 1 heterocycles. The normalized spacial score (nSPS) is 16.3. The van der Waals surface area contributed by atoms with Gasteiger partial charge in [0.1, 0.15) is 8.07 Å². The Morgan fingerprint density at radius 3 is 1.64 bits per heavy atom. The summed E-state index contributed by atoms with van der Waals surface area (Å²) in [6.07, 6.45) is 1.18. The molecule has 6 aromatic carbocycles. The molecule has 0 N–H and O–H groups in total. The Morgan fingerprint density at radius 2 is 0.957 bits per heavy atom. The number of hydrogen-bond acceptors (Lipinski definition) is 1. The Bertz CT molecular complexity index is 2120. The monoisotopic (exact) mass is 625 g/mol. The summed E-state index contributed by atoms with van der Waals surface area (Å²) >= 11 is 0. The molecule has 0 bridgehead atoms. The van der Waals surface area contributed by atoms with Crippen molar-refractivity contribution in [3.8, 4) is 33.4 Å². The number of benzene rings is 6. The van der Waals surface area contributed by atoms with Crippen LogP contribution >= 0.6 is 0 Å². The summed E-state index contributed by atoms with van der Waals surface area (Å²) in [5.41, 5.74) is 14.8. The topological polar surface area (TPSA) is 3.24 Å². The maximum atomic E-state index is 2.49. The van der Waals surface area contributed by atoms with Crippen molar-refractivity contribution in [1.82, 2.24) is 0 Å². The van der Waals surface area contributed by atoms with Crippen molar-refractivity contribution < 1.29 is 0 Å². The Hall–Kier alpha value is -4.66. The van der Waals surface area contributed by atoms with Gasteiger partial charge in [-0.25, -0.2) is 0 Å². The molecule has 0 saturated carbocycles. The van der Waals surface area contributed by atoms with Crippen LogP contribution in [-0.4, -0.2) is 8.07 Å². The van der Waals surface area contributed by atoms with Gasteiger partial charge in [-0.15, -0.1) is 0 Å². The molecule has 8 rings (SSSR count). The van der Waals surface area contributed by atoms with E-state index >= 15 is 0 Å². The smallest absolute Gasteiger partial charge is 0.113 e. The molecule has 0 aromatic heterocycles. The lowest BCUT2D eigenvalue weighted by Crippen LogP contribution is -2.49. The maximum Gasteiger partial charge on any atom is 0.113 e. The van der Waals surface area contributed by atoms with E-state index in [-0.39, 0.29) is 10.8 Å². The molecule has 2 aliphatic rings. The molecule has 0 radical (unpaired) electrons. The van der Waals surface area contributed by atoms with Crippen molar-refractivity contribution in [3.05, 3.63) is 151 Å². The Kier molecular flexibility index (Phi) is 6.76. The molecule has 0 fully saturated rings. The Morgan fingerprint density at radius 1 is 0.447 bits per heavy atom. The highest BCUT2D eigenvalue weighted by Crippen LogP contribution is 2.50. The summed E-state index contributed by atoms with van der Waals surface area (Å²) in [6.45, 7) is 14.6. The first-order valence-electron chi connectivity index (χ1n) is 17.0. The highest BCUT2D eigenvalue weighted by atomic mass is 28.3. The third kappa shape index (κ3) is 4.89. The van der Waals surface area contributed by atoms with E-state index in [1.807, 2.05) is 0 Å². The number of hydrogen-bond donors (Lipinski definition) is 0. The van der Waals surface area contributed by atoms with Crippen LogP contribution < -0.4 is 15.3 Å². The molecular weight excluding hydrogens is 583 g/mol. The van der Waals surface area contributed by atoms with Crippen LogP contribution in [0.25, 0.3) is 33.4 Å². The van der Waals surface area contributed by atoms with Gasteiger partial charge in [-0.05, 0) is 109 Å². The van der Waals surface area contributed by atoms with E-state index in [1.165, 1.54) is 72.7 Å². The highest BCUT2D eigenvalue weighted by Gasteiger charge is 2.42. The average molecular weight is 626 g/mol. The predicted octanol–water partition coefficient (Wildman–Crippen LogP) is 11.3. The van der Waals surface area contributed by atoms with Gasteiger partial charge in [0.15, 0.2) is 0 Å². The minimum atomic E-state index is -1.82. The second-order valence-corrected chi connectivity index (χ2v) is 19.7. The van der Waals surface area contributed by atoms with Crippen LogP contribution in [0.2, 0.25) is 13.1 Å². The van der Waals surface area contributed by atoms with E-state index in [9.17, 15) is 0 Å². The largest absolute Gasteiger partial charge is 0.311 e. The second kappa shape index (κ2) is 10.7. The zero-order valence-corrected chi connectivity index (χ0v) is 29.4. The molecule has 0 spiro atoms. The van der Waals surface area contributed by atoms with Crippen molar-refractivity contribution in [3.63, 3.8) is 0 Å². The van der Waals surface area contributed by atoms with Crippen molar-refractivity contribution in [1.29, 1.82) is 0 Å². The summed E-state index contributed by atoms with van der Waals surface area (Å²) in [7, 11) is -1.82. The van der Waals surface area contributed by atoms with E-state index in [2.05, 4.69) is 185 Å². The first-order chi connectivity index (χ1) is 22.5. The first-order valence-corrected chi connectivity index (χ1v) is 20.0. The summed E-state index contributed by atoms with van der Waals surface area (Å²) in [5.74, 6) is 0.